The van der Waals surface area contributed by atoms with Crippen LogP contribution in [-0.2, 0) is 4.74 Å². The fourth-order valence-corrected chi connectivity index (χ4v) is 3.18. The number of carbonyl (C=O) groups is 1. The Hall–Kier alpha value is -3.38. The molecular formula is C26H30N2O4. The average molecular weight is 435 g/mol. The number of hydrogen-bond acceptors (Lipinski definition) is 5. The summed E-state index contributed by atoms with van der Waals surface area (Å²) >= 11 is 0. The van der Waals surface area contributed by atoms with Crippen molar-refractivity contribution in [3.8, 4) is 17.2 Å². The number of ether oxygens (including phenoxy) is 3. The van der Waals surface area contributed by atoms with Gasteiger partial charge in [-0.15, -0.1) is 0 Å². The Balaban J connectivity index is 1.65. The summed E-state index contributed by atoms with van der Waals surface area (Å²) < 4.78 is 17.3. The first-order valence-corrected chi connectivity index (χ1v) is 10.9. The largest absolute Gasteiger partial charge is 0.490 e. The molecule has 1 atom stereocenters. The highest BCUT2D eigenvalue weighted by Gasteiger charge is 2.14. The molecule has 0 radical (unpaired) electrons. The molecule has 3 rings (SSSR count). The predicted octanol–water partition coefficient (Wildman–Crippen LogP) is 6.32. The highest BCUT2D eigenvalue weighted by Crippen LogP contribution is 2.32. The minimum Gasteiger partial charge on any atom is -0.490 e. The third-order valence-electron chi connectivity index (χ3n) is 4.84. The zero-order chi connectivity index (χ0) is 22.9. The van der Waals surface area contributed by atoms with Gasteiger partial charge in [-0.05, 0) is 75.7 Å². The Kier molecular flexibility index (Phi) is 8.22. The van der Waals surface area contributed by atoms with Gasteiger partial charge in [-0.25, -0.2) is 0 Å². The van der Waals surface area contributed by atoms with Gasteiger partial charge in [0.05, 0.1) is 29.7 Å². The van der Waals surface area contributed by atoms with Crippen molar-refractivity contribution in [1.29, 1.82) is 0 Å². The Morgan fingerprint density at radius 2 is 1.72 bits per heavy atom. The molecule has 1 amide bonds. The van der Waals surface area contributed by atoms with Crippen LogP contribution in [-0.4, -0.2) is 24.1 Å². The van der Waals surface area contributed by atoms with Gasteiger partial charge in [0.1, 0.15) is 5.75 Å². The van der Waals surface area contributed by atoms with Gasteiger partial charge in [0.2, 0.25) is 0 Å². The van der Waals surface area contributed by atoms with E-state index in [0.29, 0.717) is 47.4 Å². The second-order valence-electron chi connectivity index (χ2n) is 7.34. The number of aromatic nitrogens is 1. The normalized spacial score (nSPS) is 11.6. The number of hydrogen-bond donors (Lipinski definition) is 1. The second-order valence-corrected chi connectivity index (χ2v) is 7.34. The summed E-state index contributed by atoms with van der Waals surface area (Å²) in [6.07, 6.45) is 0.812. The van der Waals surface area contributed by atoms with E-state index >= 15 is 0 Å². The lowest BCUT2D eigenvalue weighted by molar-refractivity contribution is 0.0732. The second kappa shape index (κ2) is 11.3. The molecule has 0 spiro atoms. The Bertz CT molecular complexity index is 1030. The molecule has 6 nitrogen and oxygen atoms in total. The van der Waals surface area contributed by atoms with E-state index in [9.17, 15) is 4.79 Å². The first-order valence-electron chi connectivity index (χ1n) is 10.9. The number of benzene rings is 2. The molecule has 2 aromatic carbocycles. The van der Waals surface area contributed by atoms with Crippen molar-refractivity contribution < 1.29 is 19.0 Å². The van der Waals surface area contributed by atoms with Crippen LogP contribution in [0.25, 0.3) is 0 Å². The minimum atomic E-state index is -0.211. The zero-order valence-corrected chi connectivity index (χ0v) is 19.1. The number of aryl methyl sites for hydroxylation is 1. The highest BCUT2D eigenvalue weighted by atomic mass is 16.5. The number of carbonyl (C=O) groups excluding carboxylic acids is 1. The monoisotopic (exact) mass is 434 g/mol. The molecule has 0 aliphatic heterocycles. The summed E-state index contributed by atoms with van der Waals surface area (Å²) in [5.41, 5.74) is 2.67. The average Bonchev–Trinajstić information content (AvgIpc) is 2.79. The van der Waals surface area contributed by atoms with Gasteiger partial charge in [-0.2, -0.15) is 0 Å². The molecule has 1 N–H and O–H groups in total. The fraction of sp³-hybridized carbons (Fsp3) is 0.308. The van der Waals surface area contributed by atoms with Gasteiger partial charge < -0.3 is 19.5 Å². The van der Waals surface area contributed by atoms with E-state index < -0.39 is 0 Å². The van der Waals surface area contributed by atoms with Crippen molar-refractivity contribution in [2.45, 2.75) is 40.2 Å². The molecule has 0 bridgehead atoms. The third kappa shape index (κ3) is 6.08. The van der Waals surface area contributed by atoms with Crippen LogP contribution in [0.2, 0.25) is 0 Å². The molecular weight excluding hydrogens is 404 g/mol. The van der Waals surface area contributed by atoms with Crippen molar-refractivity contribution in [2.24, 2.45) is 0 Å². The number of rotatable bonds is 10. The van der Waals surface area contributed by atoms with E-state index in [1.165, 1.54) is 0 Å². The Morgan fingerprint density at radius 1 is 1.00 bits per heavy atom. The van der Waals surface area contributed by atoms with Crippen LogP contribution in [0.4, 0.5) is 5.69 Å². The molecule has 0 fully saturated rings. The van der Waals surface area contributed by atoms with E-state index in [4.69, 9.17) is 14.2 Å². The van der Waals surface area contributed by atoms with E-state index in [1.807, 2.05) is 63.2 Å². The molecule has 1 unspecified atom stereocenters. The first-order chi connectivity index (χ1) is 15.5. The Morgan fingerprint density at radius 3 is 2.38 bits per heavy atom. The summed E-state index contributed by atoms with van der Waals surface area (Å²) in [5, 5.41) is 2.91. The topological polar surface area (TPSA) is 69.7 Å². The number of amides is 1. The van der Waals surface area contributed by atoms with E-state index in [-0.39, 0.29) is 12.0 Å². The molecule has 1 heterocycles. The maximum absolute atomic E-state index is 12.7. The molecule has 1 aromatic heterocycles. The van der Waals surface area contributed by atoms with Gasteiger partial charge in [0.25, 0.3) is 5.91 Å². The van der Waals surface area contributed by atoms with Gasteiger partial charge in [0.15, 0.2) is 11.5 Å². The molecule has 0 aliphatic rings. The zero-order valence-electron chi connectivity index (χ0n) is 19.1. The van der Waals surface area contributed by atoms with Crippen molar-refractivity contribution in [2.75, 3.05) is 18.5 Å². The van der Waals surface area contributed by atoms with Crippen LogP contribution >= 0.6 is 0 Å². The lowest BCUT2D eigenvalue weighted by atomic mass is 10.1. The molecule has 168 valence electrons. The minimum absolute atomic E-state index is 0.110. The first kappa shape index (κ1) is 23.3. The number of para-hydroxylation sites is 2. The van der Waals surface area contributed by atoms with Crippen LogP contribution in [0.3, 0.4) is 0 Å². The van der Waals surface area contributed by atoms with Crippen LogP contribution in [0, 0.1) is 6.92 Å². The van der Waals surface area contributed by atoms with Gasteiger partial charge in [0, 0.05) is 12.3 Å². The van der Waals surface area contributed by atoms with Crippen LogP contribution < -0.4 is 14.8 Å². The Labute approximate surface area is 189 Å². The van der Waals surface area contributed by atoms with E-state index in [0.717, 1.165) is 12.1 Å². The van der Waals surface area contributed by atoms with Crippen molar-refractivity contribution >= 4 is 11.6 Å². The molecule has 0 saturated heterocycles. The highest BCUT2D eigenvalue weighted by molar-refractivity contribution is 6.05. The number of anilines is 1. The summed E-state index contributed by atoms with van der Waals surface area (Å²) in [5.74, 6) is 1.80. The van der Waals surface area contributed by atoms with Gasteiger partial charge in [-0.1, -0.05) is 19.1 Å². The van der Waals surface area contributed by atoms with Gasteiger partial charge in [-0.3, -0.25) is 9.78 Å². The third-order valence-corrected chi connectivity index (χ3v) is 4.84. The quantitative estimate of drug-likeness (QED) is 0.404. The van der Waals surface area contributed by atoms with Crippen LogP contribution in [0.5, 0.6) is 17.2 Å². The van der Waals surface area contributed by atoms with Crippen molar-refractivity contribution in [3.05, 3.63) is 77.6 Å². The molecule has 3 aromatic rings. The number of nitrogens with one attached hydrogen (secondary N) is 1. The summed E-state index contributed by atoms with van der Waals surface area (Å²) in [4.78, 5) is 17.3. The summed E-state index contributed by atoms with van der Waals surface area (Å²) in [6.45, 7) is 9.02. The number of pyridine rings is 1. The summed E-state index contributed by atoms with van der Waals surface area (Å²) in [7, 11) is 0. The van der Waals surface area contributed by atoms with E-state index in [1.54, 1.807) is 18.2 Å². The SMILES string of the molecule is CCCOc1ccccc1Oc1ccc(NC(=O)c2ccc(C(C)OCC)nc2C)cc1. The maximum atomic E-state index is 12.7. The maximum Gasteiger partial charge on any atom is 0.257 e. The van der Waals surface area contributed by atoms with Crippen LogP contribution in [0.15, 0.2) is 60.7 Å². The standard InChI is InChI=1S/C26H30N2O4/c1-5-17-31-24-9-7-8-10-25(24)32-21-13-11-20(12-14-21)28-26(29)22-15-16-23(27-18(22)3)19(4)30-6-2/h7-16,19H,5-6,17H2,1-4H3,(H,28,29). The summed E-state index contributed by atoms with van der Waals surface area (Å²) in [6, 6.07) is 18.4. The van der Waals surface area contributed by atoms with Crippen molar-refractivity contribution in [3.63, 3.8) is 0 Å². The molecule has 0 saturated carbocycles. The van der Waals surface area contributed by atoms with E-state index in [2.05, 4.69) is 17.2 Å². The fourth-order valence-electron chi connectivity index (χ4n) is 3.18. The molecule has 6 heteroatoms. The smallest absolute Gasteiger partial charge is 0.257 e. The molecule has 32 heavy (non-hydrogen) atoms. The lowest BCUT2D eigenvalue weighted by Crippen LogP contribution is -2.15. The number of nitrogens with zero attached hydrogens (tertiary/aromatic N) is 1. The van der Waals surface area contributed by atoms with Gasteiger partial charge >= 0.3 is 0 Å². The lowest BCUT2D eigenvalue weighted by Gasteiger charge is -2.14. The predicted molar refractivity (Wildman–Crippen MR) is 126 cm³/mol. The molecule has 0 aliphatic carbocycles. The van der Waals surface area contributed by atoms with Crippen molar-refractivity contribution in [1.82, 2.24) is 4.98 Å². The van der Waals surface area contributed by atoms with Crippen LogP contribution in [0.1, 0.15) is 55.0 Å².